The van der Waals surface area contributed by atoms with Gasteiger partial charge in [0.2, 0.25) is 0 Å². The van der Waals surface area contributed by atoms with Crippen molar-refractivity contribution >= 4 is 15.9 Å². The van der Waals surface area contributed by atoms with Gasteiger partial charge in [0.1, 0.15) is 5.82 Å². The number of hydrogen-bond donors (Lipinski definition) is 0. The van der Waals surface area contributed by atoms with Gasteiger partial charge in [-0.1, -0.05) is 101 Å². The van der Waals surface area contributed by atoms with Crippen LogP contribution in [-0.2, 0) is 0 Å². The summed E-state index contributed by atoms with van der Waals surface area (Å²) in [7, 11) is 0. The quantitative estimate of drug-likeness (QED) is 0.312. The van der Waals surface area contributed by atoms with Crippen LogP contribution >= 0.6 is 15.9 Å². The van der Waals surface area contributed by atoms with E-state index in [9.17, 15) is 0 Å². The van der Waals surface area contributed by atoms with Crippen LogP contribution in [-0.4, -0.2) is 9.55 Å². The Hall–Kier alpha value is -3.17. The summed E-state index contributed by atoms with van der Waals surface area (Å²) in [6, 6.07) is 29.5. The van der Waals surface area contributed by atoms with Crippen molar-refractivity contribution in [3.63, 3.8) is 0 Å². The number of imidazole rings is 1. The monoisotopic (exact) mass is 452 g/mol. The molecule has 1 aromatic heterocycles. The Morgan fingerprint density at radius 2 is 1.47 bits per heavy atom. The summed E-state index contributed by atoms with van der Waals surface area (Å²) < 4.78 is 3.37. The van der Waals surface area contributed by atoms with Crippen molar-refractivity contribution in [3.8, 4) is 28.3 Å². The molecule has 0 radical (unpaired) electrons. The molecule has 0 aliphatic heterocycles. The molecule has 0 saturated heterocycles. The largest absolute Gasteiger partial charge is 0.292 e. The lowest BCUT2D eigenvalue weighted by atomic mass is 9.94. The van der Waals surface area contributed by atoms with Crippen LogP contribution in [0.4, 0.5) is 0 Å². The maximum absolute atomic E-state index is 5.25. The van der Waals surface area contributed by atoms with Crippen molar-refractivity contribution in [2.75, 3.05) is 0 Å². The zero-order chi connectivity index (χ0) is 20.3. The minimum absolute atomic E-state index is 0.254. The van der Waals surface area contributed by atoms with E-state index in [0.29, 0.717) is 0 Å². The Morgan fingerprint density at radius 3 is 2.13 bits per heavy atom. The summed E-state index contributed by atoms with van der Waals surface area (Å²) in [6.45, 7) is 0. The van der Waals surface area contributed by atoms with Gasteiger partial charge in [-0.05, 0) is 30.7 Å². The van der Waals surface area contributed by atoms with Gasteiger partial charge in [-0.25, -0.2) is 4.98 Å². The minimum atomic E-state index is 0.254. The molecule has 4 aromatic rings. The van der Waals surface area contributed by atoms with Crippen molar-refractivity contribution in [2.24, 2.45) is 0 Å². The van der Waals surface area contributed by atoms with Crippen molar-refractivity contribution in [1.82, 2.24) is 9.55 Å². The number of hydrogen-bond acceptors (Lipinski definition) is 1. The topological polar surface area (TPSA) is 17.8 Å². The van der Waals surface area contributed by atoms with Crippen LogP contribution in [0.25, 0.3) is 28.3 Å². The van der Waals surface area contributed by atoms with Gasteiger partial charge in [-0.3, -0.25) is 4.57 Å². The Kier molecular flexibility index (Phi) is 5.20. The Balaban J connectivity index is 1.82. The maximum atomic E-state index is 5.25. The van der Waals surface area contributed by atoms with Crippen molar-refractivity contribution in [1.29, 1.82) is 0 Å². The zero-order valence-electron chi connectivity index (χ0n) is 16.4. The lowest BCUT2D eigenvalue weighted by Gasteiger charge is -2.16. The molecule has 3 heteroatoms. The zero-order valence-corrected chi connectivity index (χ0v) is 18.0. The average Bonchev–Trinajstić information content (AvgIpc) is 3.22. The van der Waals surface area contributed by atoms with E-state index in [0.717, 1.165) is 39.4 Å². The first-order chi connectivity index (χ1) is 14.8. The number of nitrogens with zero attached hydrogens (tertiary/aromatic N) is 2. The van der Waals surface area contributed by atoms with Crippen LogP contribution in [0, 0.1) is 0 Å². The lowest BCUT2D eigenvalue weighted by Crippen LogP contribution is -2.02. The fraction of sp³-hybridized carbons (Fsp3) is 0.0741. The van der Waals surface area contributed by atoms with Crippen molar-refractivity contribution in [3.05, 3.63) is 119 Å². The van der Waals surface area contributed by atoms with Gasteiger partial charge in [0.15, 0.2) is 0 Å². The molecule has 146 valence electrons. The van der Waals surface area contributed by atoms with E-state index in [2.05, 4.69) is 130 Å². The highest BCUT2D eigenvalue weighted by molar-refractivity contribution is 9.10. The molecule has 1 aliphatic rings. The predicted molar refractivity (Wildman–Crippen MR) is 128 cm³/mol. The molecule has 1 aliphatic carbocycles. The molecule has 5 rings (SSSR count). The van der Waals surface area contributed by atoms with E-state index in [4.69, 9.17) is 4.98 Å². The summed E-state index contributed by atoms with van der Waals surface area (Å²) in [5.41, 5.74) is 5.66. The fourth-order valence-corrected chi connectivity index (χ4v) is 4.24. The molecule has 1 unspecified atom stereocenters. The first-order valence-corrected chi connectivity index (χ1v) is 10.9. The van der Waals surface area contributed by atoms with Crippen LogP contribution in [0.2, 0.25) is 0 Å². The van der Waals surface area contributed by atoms with E-state index in [1.807, 2.05) is 0 Å². The van der Waals surface area contributed by atoms with Crippen LogP contribution in [0.5, 0.6) is 0 Å². The van der Waals surface area contributed by atoms with Gasteiger partial charge in [0.05, 0.1) is 11.4 Å². The Labute approximate surface area is 185 Å². The van der Waals surface area contributed by atoms with E-state index >= 15 is 0 Å². The van der Waals surface area contributed by atoms with Gasteiger partial charge in [0.25, 0.3) is 0 Å². The molecule has 2 nitrogen and oxygen atoms in total. The van der Waals surface area contributed by atoms with Crippen LogP contribution in [0.15, 0.2) is 114 Å². The molecule has 0 saturated carbocycles. The molecule has 0 N–H and O–H groups in total. The highest BCUT2D eigenvalue weighted by atomic mass is 79.9. The van der Waals surface area contributed by atoms with E-state index < -0.39 is 0 Å². The fourth-order valence-electron chi connectivity index (χ4n) is 3.97. The normalized spacial score (nSPS) is 15.4. The van der Waals surface area contributed by atoms with Crippen LogP contribution in [0.1, 0.15) is 18.0 Å². The van der Waals surface area contributed by atoms with Gasteiger partial charge in [-0.2, -0.15) is 0 Å². The number of aromatic nitrogens is 2. The molecule has 0 bridgehead atoms. The first-order valence-electron chi connectivity index (χ1n) is 10.1. The lowest BCUT2D eigenvalue weighted by molar-refractivity contribution is 0.826. The van der Waals surface area contributed by atoms with E-state index in [-0.39, 0.29) is 5.92 Å². The molecular weight excluding hydrogens is 432 g/mol. The van der Waals surface area contributed by atoms with Gasteiger partial charge in [-0.15, -0.1) is 0 Å². The molecule has 3 aromatic carbocycles. The van der Waals surface area contributed by atoms with Crippen LogP contribution in [0.3, 0.4) is 0 Å². The highest BCUT2D eigenvalue weighted by Gasteiger charge is 2.25. The number of allylic oxidation sites excluding steroid dienone is 4. The number of benzene rings is 3. The number of rotatable bonds is 4. The Bertz CT molecular complexity index is 1200. The predicted octanol–water partition coefficient (Wildman–Crippen LogP) is 7.57. The average molecular weight is 453 g/mol. The second kappa shape index (κ2) is 8.29. The molecule has 0 fully saturated rings. The third kappa shape index (κ3) is 3.57. The summed E-state index contributed by atoms with van der Waals surface area (Å²) in [5, 5.41) is 0. The van der Waals surface area contributed by atoms with Gasteiger partial charge < -0.3 is 0 Å². The molecule has 1 atom stereocenters. The van der Waals surface area contributed by atoms with E-state index in [1.165, 1.54) is 5.56 Å². The summed E-state index contributed by atoms with van der Waals surface area (Å²) in [6.07, 6.45) is 9.68. The Morgan fingerprint density at radius 1 is 0.767 bits per heavy atom. The molecular formula is C27H21BrN2. The summed E-state index contributed by atoms with van der Waals surface area (Å²) >= 11 is 3.56. The molecule has 0 amide bonds. The summed E-state index contributed by atoms with van der Waals surface area (Å²) in [5.74, 6) is 1.22. The SMILES string of the molecule is Brc1ccc(-c2nc(C3C=CC=CC3)c(-c3ccccc3)n2-c2ccccc2)cc1. The first kappa shape index (κ1) is 18.8. The van der Waals surface area contributed by atoms with Crippen molar-refractivity contribution < 1.29 is 0 Å². The third-order valence-electron chi connectivity index (χ3n) is 5.40. The smallest absolute Gasteiger partial charge is 0.145 e. The van der Waals surface area contributed by atoms with E-state index in [1.54, 1.807) is 0 Å². The molecule has 0 spiro atoms. The van der Waals surface area contributed by atoms with Gasteiger partial charge >= 0.3 is 0 Å². The van der Waals surface area contributed by atoms with Crippen LogP contribution < -0.4 is 0 Å². The molecule has 30 heavy (non-hydrogen) atoms. The minimum Gasteiger partial charge on any atom is -0.292 e. The number of para-hydroxylation sites is 1. The second-order valence-corrected chi connectivity index (χ2v) is 8.28. The van der Waals surface area contributed by atoms with Gasteiger partial charge in [0, 0.05) is 27.2 Å². The standard InChI is InChI=1S/C27H21BrN2/c28-23-18-16-22(17-19-23)27-29-25(20-10-4-1-5-11-20)26(21-12-6-2-7-13-21)30(27)24-14-8-3-9-15-24/h1-10,12-20H,11H2. The highest BCUT2D eigenvalue weighted by Crippen LogP contribution is 2.39. The summed E-state index contributed by atoms with van der Waals surface area (Å²) in [4.78, 5) is 5.25. The maximum Gasteiger partial charge on any atom is 0.145 e. The number of halogens is 1. The molecule has 1 heterocycles. The second-order valence-electron chi connectivity index (χ2n) is 7.37. The van der Waals surface area contributed by atoms with Crippen molar-refractivity contribution in [2.45, 2.75) is 12.3 Å². The third-order valence-corrected chi connectivity index (χ3v) is 5.93.